The lowest BCUT2D eigenvalue weighted by atomic mass is 10.1. The van der Waals surface area contributed by atoms with Gasteiger partial charge >= 0.3 is 0 Å². The highest BCUT2D eigenvalue weighted by atomic mass is 35.5. The van der Waals surface area contributed by atoms with Gasteiger partial charge in [-0.3, -0.25) is 4.79 Å². The standard InChI is InChI=1S/C13H15ClN4O/c1-7-12(13(19)18-9(3)16-7)8(2)17-10-4-5-15-11(14)6-10/h4-6,8H,1-3H3,(H,15,17)(H,16,18,19). The average molecular weight is 279 g/mol. The molecule has 1 unspecified atom stereocenters. The van der Waals surface area contributed by atoms with Crippen LogP contribution >= 0.6 is 11.6 Å². The van der Waals surface area contributed by atoms with E-state index in [1.165, 1.54) is 0 Å². The fraction of sp³-hybridized carbons (Fsp3) is 0.308. The van der Waals surface area contributed by atoms with E-state index in [9.17, 15) is 4.79 Å². The summed E-state index contributed by atoms with van der Waals surface area (Å²) in [5.41, 5.74) is 2.04. The molecule has 0 spiro atoms. The van der Waals surface area contributed by atoms with Crippen LogP contribution in [-0.4, -0.2) is 15.0 Å². The largest absolute Gasteiger partial charge is 0.378 e. The van der Waals surface area contributed by atoms with Gasteiger partial charge in [-0.2, -0.15) is 0 Å². The van der Waals surface area contributed by atoms with Gasteiger partial charge in [-0.05, 0) is 32.9 Å². The first-order chi connectivity index (χ1) is 8.97. The molecular formula is C13H15ClN4O. The number of H-pyrrole nitrogens is 1. The van der Waals surface area contributed by atoms with Crippen LogP contribution in [0.5, 0.6) is 0 Å². The van der Waals surface area contributed by atoms with E-state index < -0.39 is 0 Å². The number of pyridine rings is 1. The van der Waals surface area contributed by atoms with Crippen molar-refractivity contribution in [3.8, 4) is 0 Å². The summed E-state index contributed by atoms with van der Waals surface area (Å²) < 4.78 is 0. The summed E-state index contributed by atoms with van der Waals surface area (Å²) in [4.78, 5) is 22.9. The second kappa shape index (κ2) is 5.40. The Morgan fingerprint density at radius 1 is 1.42 bits per heavy atom. The minimum atomic E-state index is -0.171. The van der Waals surface area contributed by atoms with Crippen LogP contribution < -0.4 is 10.9 Å². The molecule has 100 valence electrons. The Labute approximate surface area is 116 Å². The number of aryl methyl sites for hydroxylation is 2. The summed E-state index contributed by atoms with van der Waals surface area (Å²) in [5.74, 6) is 0.616. The maximum Gasteiger partial charge on any atom is 0.256 e. The van der Waals surface area contributed by atoms with Crippen LogP contribution in [0.4, 0.5) is 5.69 Å². The Morgan fingerprint density at radius 2 is 2.16 bits per heavy atom. The number of nitrogens with zero attached hydrogens (tertiary/aromatic N) is 2. The van der Waals surface area contributed by atoms with Gasteiger partial charge in [-0.1, -0.05) is 11.6 Å². The van der Waals surface area contributed by atoms with E-state index in [0.29, 0.717) is 16.5 Å². The third kappa shape index (κ3) is 3.12. The molecule has 0 fully saturated rings. The molecule has 0 aliphatic heterocycles. The zero-order chi connectivity index (χ0) is 14.0. The molecule has 2 N–H and O–H groups in total. The van der Waals surface area contributed by atoms with Gasteiger partial charge in [-0.15, -0.1) is 0 Å². The molecule has 6 heteroatoms. The summed E-state index contributed by atoms with van der Waals surface area (Å²) in [7, 11) is 0. The minimum Gasteiger partial charge on any atom is -0.378 e. The van der Waals surface area contributed by atoms with Crippen LogP contribution in [-0.2, 0) is 0 Å². The number of halogens is 1. The van der Waals surface area contributed by atoms with Gasteiger partial charge in [0.1, 0.15) is 11.0 Å². The van der Waals surface area contributed by atoms with Crippen molar-refractivity contribution >= 4 is 17.3 Å². The van der Waals surface area contributed by atoms with Gasteiger partial charge in [0.05, 0.1) is 17.3 Å². The lowest BCUT2D eigenvalue weighted by Gasteiger charge is -2.16. The number of anilines is 1. The number of hydrogen-bond donors (Lipinski definition) is 2. The molecule has 2 rings (SSSR count). The fourth-order valence-electron chi connectivity index (χ4n) is 2.06. The summed E-state index contributed by atoms with van der Waals surface area (Å²) in [6.45, 7) is 5.50. The predicted molar refractivity (Wildman–Crippen MR) is 75.6 cm³/mol. The highest BCUT2D eigenvalue weighted by Gasteiger charge is 2.14. The number of rotatable bonds is 3. The molecule has 0 amide bonds. The zero-order valence-corrected chi connectivity index (χ0v) is 11.7. The van der Waals surface area contributed by atoms with E-state index in [1.807, 2.05) is 13.8 Å². The van der Waals surface area contributed by atoms with E-state index >= 15 is 0 Å². The highest BCUT2D eigenvalue weighted by molar-refractivity contribution is 6.29. The molecular weight excluding hydrogens is 264 g/mol. The molecule has 1 atom stereocenters. The SMILES string of the molecule is Cc1nc(C)c(C(C)Nc2ccnc(Cl)c2)c(=O)[nH]1. The lowest BCUT2D eigenvalue weighted by Crippen LogP contribution is -2.23. The molecule has 0 radical (unpaired) electrons. The normalized spacial score (nSPS) is 12.2. The second-order valence-electron chi connectivity index (χ2n) is 4.38. The lowest BCUT2D eigenvalue weighted by molar-refractivity contribution is 0.813. The van der Waals surface area contributed by atoms with E-state index in [0.717, 1.165) is 11.4 Å². The maximum absolute atomic E-state index is 12.0. The third-order valence-electron chi connectivity index (χ3n) is 2.81. The van der Waals surface area contributed by atoms with Crippen molar-refractivity contribution in [2.45, 2.75) is 26.8 Å². The van der Waals surface area contributed by atoms with E-state index in [-0.39, 0.29) is 11.6 Å². The van der Waals surface area contributed by atoms with Gasteiger partial charge in [0.25, 0.3) is 5.56 Å². The van der Waals surface area contributed by atoms with Crippen LogP contribution in [0, 0.1) is 13.8 Å². The van der Waals surface area contributed by atoms with Gasteiger partial charge < -0.3 is 10.3 Å². The topological polar surface area (TPSA) is 70.7 Å². The molecule has 0 saturated carbocycles. The molecule has 0 aliphatic rings. The zero-order valence-electron chi connectivity index (χ0n) is 11.0. The van der Waals surface area contributed by atoms with Crippen LogP contribution in [0.2, 0.25) is 5.15 Å². The van der Waals surface area contributed by atoms with Gasteiger partial charge in [0, 0.05) is 11.9 Å². The first-order valence-electron chi connectivity index (χ1n) is 5.93. The predicted octanol–water partition coefficient (Wildman–Crippen LogP) is 2.61. The number of aromatic nitrogens is 3. The molecule has 5 nitrogen and oxygen atoms in total. The van der Waals surface area contributed by atoms with Crippen molar-refractivity contribution in [3.63, 3.8) is 0 Å². The van der Waals surface area contributed by atoms with E-state index in [2.05, 4.69) is 20.3 Å². The smallest absolute Gasteiger partial charge is 0.256 e. The van der Waals surface area contributed by atoms with Gasteiger partial charge in [-0.25, -0.2) is 9.97 Å². The van der Waals surface area contributed by atoms with Crippen molar-refractivity contribution in [3.05, 3.63) is 50.9 Å². The first-order valence-corrected chi connectivity index (χ1v) is 6.30. The van der Waals surface area contributed by atoms with Crippen molar-refractivity contribution in [1.82, 2.24) is 15.0 Å². The van der Waals surface area contributed by atoms with E-state index in [1.54, 1.807) is 25.3 Å². The van der Waals surface area contributed by atoms with Crippen molar-refractivity contribution in [2.24, 2.45) is 0 Å². The molecule has 0 aromatic carbocycles. The van der Waals surface area contributed by atoms with Crippen LogP contribution in [0.15, 0.2) is 23.1 Å². The average Bonchev–Trinajstić information content (AvgIpc) is 2.27. The third-order valence-corrected chi connectivity index (χ3v) is 3.01. The van der Waals surface area contributed by atoms with Crippen LogP contribution in [0.3, 0.4) is 0 Å². The van der Waals surface area contributed by atoms with E-state index in [4.69, 9.17) is 11.6 Å². The van der Waals surface area contributed by atoms with Gasteiger partial charge in [0.2, 0.25) is 0 Å². The Morgan fingerprint density at radius 3 is 2.79 bits per heavy atom. The summed E-state index contributed by atoms with van der Waals surface area (Å²) in [5, 5.41) is 3.62. The van der Waals surface area contributed by atoms with Crippen LogP contribution in [0.1, 0.15) is 30.0 Å². The molecule has 19 heavy (non-hydrogen) atoms. The number of aromatic amines is 1. The maximum atomic E-state index is 12.0. The summed E-state index contributed by atoms with van der Waals surface area (Å²) >= 11 is 5.83. The molecule has 2 heterocycles. The highest BCUT2D eigenvalue weighted by Crippen LogP contribution is 2.19. The summed E-state index contributed by atoms with van der Waals surface area (Å²) in [6.07, 6.45) is 1.61. The fourth-order valence-corrected chi connectivity index (χ4v) is 2.23. The first kappa shape index (κ1) is 13.5. The van der Waals surface area contributed by atoms with Crippen LogP contribution in [0.25, 0.3) is 0 Å². The number of hydrogen-bond acceptors (Lipinski definition) is 4. The van der Waals surface area contributed by atoms with Crippen molar-refractivity contribution in [1.29, 1.82) is 0 Å². The second-order valence-corrected chi connectivity index (χ2v) is 4.77. The Bertz CT molecular complexity index is 653. The molecule has 2 aromatic rings. The summed E-state index contributed by atoms with van der Waals surface area (Å²) in [6, 6.07) is 3.34. The Hall–Kier alpha value is -1.88. The van der Waals surface area contributed by atoms with Crippen molar-refractivity contribution in [2.75, 3.05) is 5.32 Å². The minimum absolute atomic E-state index is 0.120. The molecule has 0 aliphatic carbocycles. The molecule has 0 saturated heterocycles. The van der Waals surface area contributed by atoms with Gasteiger partial charge in [0.15, 0.2) is 0 Å². The Kier molecular flexibility index (Phi) is 3.85. The Balaban J connectivity index is 2.30. The van der Waals surface area contributed by atoms with Crippen molar-refractivity contribution < 1.29 is 0 Å². The quantitative estimate of drug-likeness (QED) is 0.847. The molecule has 2 aromatic heterocycles. The monoisotopic (exact) mass is 278 g/mol. The number of nitrogens with one attached hydrogen (secondary N) is 2. The molecule has 0 bridgehead atoms.